The normalized spacial score (nSPS) is 10.8. The smallest absolute Gasteiger partial charge is 0.271 e. The van der Waals surface area contributed by atoms with Crippen LogP contribution in [0.25, 0.3) is 0 Å². The topological polar surface area (TPSA) is 87.7 Å². The van der Waals surface area contributed by atoms with Crippen molar-refractivity contribution < 1.29 is 4.79 Å². The number of amides is 1. The summed E-state index contributed by atoms with van der Waals surface area (Å²) >= 11 is 1.60. The summed E-state index contributed by atoms with van der Waals surface area (Å²) < 4.78 is 0. The minimum absolute atomic E-state index is 0.191. The first kappa shape index (κ1) is 14.4. The van der Waals surface area contributed by atoms with Gasteiger partial charge in [0.1, 0.15) is 5.69 Å². The molecule has 0 bridgehead atoms. The van der Waals surface area contributed by atoms with Crippen LogP contribution in [-0.2, 0) is 6.54 Å². The van der Waals surface area contributed by atoms with Gasteiger partial charge in [-0.05, 0) is 6.92 Å². The molecular weight excluding hydrogens is 276 g/mol. The fraction of sp³-hybridized carbons (Fsp3) is 0.385. The van der Waals surface area contributed by atoms with Crippen LogP contribution in [0.15, 0.2) is 17.2 Å². The number of nitrogens with zero attached hydrogens (tertiary/aromatic N) is 2. The zero-order valence-corrected chi connectivity index (χ0v) is 12.4. The number of hydrogen-bond donors (Lipinski definition) is 2. The van der Waals surface area contributed by atoms with Gasteiger partial charge < -0.3 is 10.3 Å². The Morgan fingerprint density at radius 1 is 1.50 bits per heavy atom. The van der Waals surface area contributed by atoms with E-state index < -0.39 is 0 Å². The number of hydrogen-bond acceptors (Lipinski definition) is 5. The quantitative estimate of drug-likeness (QED) is 0.895. The van der Waals surface area contributed by atoms with Crippen LogP contribution in [0.2, 0.25) is 0 Å². The first-order valence-electron chi connectivity index (χ1n) is 6.26. The molecule has 0 atom stereocenters. The number of carbonyl (C=O) groups is 1. The maximum Gasteiger partial charge on any atom is 0.271 e. The highest BCUT2D eigenvalue weighted by molar-refractivity contribution is 7.11. The summed E-state index contributed by atoms with van der Waals surface area (Å²) in [5.41, 5.74) is 0.797. The van der Waals surface area contributed by atoms with E-state index in [2.05, 4.69) is 34.1 Å². The van der Waals surface area contributed by atoms with Crippen LogP contribution < -0.4 is 10.9 Å². The lowest BCUT2D eigenvalue weighted by Gasteiger charge is -2.02. The predicted molar refractivity (Wildman–Crippen MR) is 77.0 cm³/mol. The van der Waals surface area contributed by atoms with E-state index in [1.54, 1.807) is 11.3 Å². The molecule has 1 amide bonds. The molecule has 0 spiro atoms. The first-order valence-corrected chi connectivity index (χ1v) is 7.08. The van der Waals surface area contributed by atoms with Crippen LogP contribution in [0.5, 0.6) is 0 Å². The monoisotopic (exact) mass is 292 g/mol. The van der Waals surface area contributed by atoms with Gasteiger partial charge in [-0.2, -0.15) is 0 Å². The van der Waals surface area contributed by atoms with Gasteiger partial charge in [0, 0.05) is 17.0 Å². The molecule has 0 fully saturated rings. The van der Waals surface area contributed by atoms with Crippen molar-refractivity contribution in [2.75, 3.05) is 0 Å². The molecule has 6 nitrogen and oxygen atoms in total. The molecule has 0 aromatic carbocycles. The van der Waals surface area contributed by atoms with Gasteiger partial charge in [-0.3, -0.25) is 9.59 Å². The number of carbonyl (C=O) groups excluding carboxylic acids is 1. The molecule has 106 valence electrons. The van der Waals surface area contributed by atoms with Gasteiger partial charge in [0.15, 0.2) is 0 Å². The Morgan fingerprint density at radius 3 is 2.80 bits per heavy atom. The summed E-state index contributed by atoms with van der Waals surface area (Å²) in [6, 6.07) is 0. The Kier molecular flexibility index (Phi) is 4.29. The number of thiazole rings is 1. The summed E-state index contributed by atoms with van der Waals surface area (Å²) in [5.74, 6) is 0.0594. The van der Waals surface area contributed by atoms with Crippen molar-refractivity contribution in [3.63, 3.8) is 0 Å². The fourth-order valence-corrected chi connectivity index (χ4v) is 2.59. The van der Waals surface area contributed by atoms with Crippen molar-refractivity contribution in [1.82, 2.24) is 20.3 Å². The second-order valence-electron chi connectivity index (χ2n) is 4.69. The summed E-state index contributed by atoms with van der Waals surface area (Å²) in [7, 11) is 0. The van der Waals surface area contributed by atoms with Gasteiger partial charge in [0.2, 0.25) is 0 Å². The average molecular weight is 292 g/mol. The maximum absolute atomic E-state index is 11.9. The molecule has 2 N–H and O–H groups in total. The highest BCUT2D eigenvalue weighted by Gasteiger charge is 2.12. The van der Waals surface area contributed by atoms with Gasteiger partial charge in [-0.15, -0.1) is 11.3 Å². The average Bonchev–Trinajstić information content (AvgIpc) is 2.78. The van der Waals surface area contributed by atoms with E-state index in [9.17, 15) is 9.59 Å². The highest BCUT2D eigenvalue weighted by atomic mass is 32.1. The zero-order valence-electron chi connectivity index (χ0n) is 11.6. The van der Waals surface area contributed by atoms with E-state index >= 15 is 0 Å². The van der Waals surface area contributed by atoms with Gasteiger partial charge in [0.25, 0.3) is 11.5 Å². The third kappa shape index (κ3) is 3.30. The molecule has 0 aliphatic carbocycles. The summed E-state index contributed by atoms with van der Waals surface area (Å²) in [6.07, 6.45) is 2.39. The van der Waals surface area contributed by atoms with Crippen molar-refractivity contribution in [2.45, 2.75) is 33.2 Å². The Hall–Kier alpha value is -2.02. The summed E-state index contributed by atoms with van der Waals surface area (Å²) in [5, 5.41) is 3.84. The number of aromatic nitrogens is 3. The van der Waals surface area contributed by atoms with Gasteiger partial charge in [0.05, 0.1) is 23.4 Å². The summed E-state index contributed by atoms with van der Waals surface area (Å²) in [6.45, 7) is 6.52. The lowest BCUT2D eigenvalue weighted by Crippen LogP contribution is -2.25. The number of aryl methyl sites for hydroxylation is 1. The molecular formula is C13H16N4O2S. The number of rotatable bonds is 4. The molecule has 7 heteroatoms. The molecule has 0 radical (unpaired) electrons. The van der Waals surface area contributed by atoms with E-state index in [4.69, 9.17) is 0 Å². The zero-order chi connectivity index (χ0) is 14.7. The molecule has 0 saturated heterocycles. The molecule has 2 aromatic rings. The van der Waals surface area contributed by atoms with E-state index in [0.29, 0.717) is 12.5 Å². The van der Waals surface area contributed by atoms with Crippen LogP contribution in [0.3, 0.4) is 0 Å². The molecule has 2 aromatic heterocycles. The van der Waals surface area contributed by atoms with E-state index in [1.165, 1.54) is 6.20 Å². The number of nitrogens with one attached hydrogen (secondary N) is 2. The Balaban J connectivity index is 2.03. The second-order valence-corrected chi connectivity index (χ2v) is 5.81. The van der Waals surface area contributed by atoms with Crippen molar-refractivity contribution in [1.29, 1.82) is 0 Å². The van der Waals surface area contributed by atoms with Crippen molar-refractivity contribution in [3.8, 4) is 0 Å². The standard InChI is InChI=1S/C13H16N4O2S/c1-7(2)13-17-8(3)10(20-13)5-16-12(19)9-4-15-11(18)6-14-9/h4,6-7H,5H2,1-3H3,(H,15,18)(H,16,19). The number of aromatic amines is 1. The molecule has 20 heavy (non-hydrogen) atoms. The molecule has 0 aliphatic heterocycles. The Morgan fingerprint density at radius 2 is 2.25 bits per heavy atom. The van der Waals surface area contributed by atoms with Gasteiger partial charge >= 0.3 is 0 Å². The van der Waals surface area contributed by atoms with Crippen LogP contribution >= 0.6 is 11.3 Å². The minimum Gasteiger partial charge on any atom is -0.346 e. The van der Waals surface area contributed by atoms with Crippen LogP contribution in [0.1, 0.15) is 45.8 Å². The molecule has 0 aliphatic rings. The third-order valence-electron chi connectivity index (χ3n) is 2.72. The third-order valence-corrected chi connectivity index (χ3v) is 4.18. The predicted octanol–water partition coefficient (Wildman–Crippen LogP) is 1.59. The van der Waals surface area contributed by atoms with Crippen LogP contribution in [0.4, 0.5) is 0 Å². The fourth-order valence-electron chi connectivity index (χ4n) is 1.58. The van der Waals surface area contributed by atoms with Gasteiger partial charge in [-0.1, -0.05) is 13.8 Å². The van der Waals surface area contributed by atoms with E-state index in [0.717, 1.165) is 21.8 Å². The van der Waals surface area contributed by atoms with Crippen molar-refractivity contribution in [3.05, 3.63) is 44.0 Å². The summed E-state index contributed by atoms with van der Waals surface area (Å²) in [4.78, 5) is 34.5. The Labute approximate surface area is 120 Å². The lowest BCUT2D eigenvalue weighted by atomic mass is 10.2. The Bertz CT molecular complexity index is 655. The first-order chi connectivity index (χ1) is 9.47. The van der Waals surface area contributed by atoms with Crippen LogP contribution in [-0.4, -0.2) is 20.9 Å². The van der Waals surface area contributed by atoms with Crippen molar-refractivity contribution in [2.24, 2.45) is 0 Å². The molecule has 2 heterocycles. The van der Waals surface area contributed by atoms with Crippen LogP contribution in [0, 0.1) is 6.92 Å². The van der Waals surface area contributed by atoms with E-state index in [-0.39, 0.29) is 17.2 Å². The lowest BCUT2D eigenvalue weighted by molar-refractivity contribution is 0.0946. The highest BCUT2D eigenvalue weighted by Crippen LogP contribution is 2.24. The van der Waals surface area contributed by atoms with Crippen molar-refractivity contribution >= 4 is 17.2 Å². The molecule has 0 saturated carbocycles. The second kappa shape index (κ2) is 5.96. The SMILES string of the molecule is Cc1nc(C(C)C)sc1CNC(=O)c1c[nH]c(=O)cn1. The largest absolute Gasteiger partial charge is 0.346 e. The minimum atomic E-state index is -0.332. The van der Waals surface area contributed by atoms with E-state index in [1.807, 2.05) is 6.92 Å². The maximum atomic E-state index is 11.9. The van der Waals surface area contributed by atoms with Gasteiger partial charge in [-0.25, -0.2) is 9.97 Å². The molecule has 0 unspecified atom stereocenters. The molecule has 2 rings (SSSR count). The number of H-pyrrole nitrogens is 1.